The normalized spacial score (nSPS) is 18.6. The van der Waals surface area contributed by atoms with Crippen LogP contribution < -0.4 is 9.64 Å². The number of hydrogen-bond donors (Lipinski definition) is 0. The Labute approximate surface area is 107 Å². The van der Waals surface area contributed by atoms with Crippen molar-refractivity contribution in [2.75, 3.05) is 43.4 Å². The second-order valence-corrected chi connectivity index (χ2v) is 6.49. The Morgan fingerprint density at radius 1 is 1.17 bits per heavy atom. The highest BCUT2D eigenvalue weighted by Crippen LogP contribution is 2.21. The van der Waals surface area contributed by atoms with Crippen molar-refractivity contribution in [3.05, 3.63) is 24.3 Å². The average Bonchev–Trinajstić information content (AvgIpc) is 2.37. The van der Waals surface area contributed by atoms with Crippen molar-refractivity contribution in [2.45, 2.75) is 0 Å². The molecule has 6 heteroatoms. The number of anilines is 1. The van der Waals surface area contributed by atoms with E-state index in [9.17, 15) is 8.42 Å². The van der Waals surface area contributed by atoms with E-state index in [4.69, 9.17) is 9.47 Å². The number of rotatable bonds is 4. The van der Waals surface area contributed by atoms with Gasteiger partial charge in [0.2, 0.25) is 0 Å². The van der Waals surface area contributed by atoms with E-state index < -0.39 is 9.84 Å². The summed E-state index contributed by atoms with van der Waals surface area (Å²) in [5.74, 6) is 1.20. The van der Waals surface area contributed by atoms with Gasteiger partial charge in [-0.15, -0.1) is 0 Å². The summed E-state index contributed by atoms with van der Waals surface area (Å²) in [4.78, 5) is 2.07. The van der Waals surface area contributed by atoms with Crippen molar-refractivity contribution in [3.8, 4) is 5.75 Å². The standard InChI is InChI=1S/C12H17NO4S/c1-16-10-17-12-4-2-11(3-5-12)13-6-8-18(14,15)9-7-13/h2-5H,6-10H2,1H3. The Morgan fingerprint density at radius 2 is 1.78 bits per heavy atom. The fourth-order valence-electron chi connectivity index (χ4n) is 1.85. The van der Waals surface area contributed by atoms with Crippen molar-refractivity contribution < 1.29 is 17.9 Å². The van der Waals surface area contributed by atoms with E-state index in [-0.39, 0.29) is 18.3 Å². The van der Waals surface area contributed by atoms with Crippen LogP contribution in [0.4, 0.5) is 5.69 Å². The van der Waals surface area contributed by atoms with Gasteiger partial charge in [0.1, 0.15) is 5.75 Å². The van der Waals surface area contributed by atoms with Gasteiger partial charge in [-0.1, -0.05) is 0 Å². The molecule has 5 nitrogen and oxygen atoms in total. The van der Waals surface area contributed by atoms with Crippen LogP contribution in [0.3, 0.4) is 0 Å². The van der Waals surface area contributed by atoms with Crippen LogP contribution in [0, 0.1) is 0 Å². The molecule has 0 unspecified atom stereocenters. The predicted octanol–water partition coefficient (Wildman–Crippen LogP) is 0.904. The van der Waals surface area contributed by atoms with Crippen molar-refractivity contribution >= 4 is 15.5 Å². The van der Waals surface area contributed by atoms with Crippen LogP contribution >= 0.6 is 0 Å². The number of nitrogens with zero attached hydrogens (tertiary/aromatic N) is 1. The molecule has 1 aromatic carbocycles. The molecule has 0 aromatic heterocycles. The quantitative estimate of drug-likeness (QED) is 0.762. The highest BCUT2D eigenvalue weighted by atomic mass is 32.2. The van der Waals surface area contributed by atoms with Crippen LogP contribution in [-0.2, 0) is 14.6 Å². The van der Waals surface area contributed by atoms with E-state index in [0.29, 0.717) is 13.1 Å². The molecule has 1 aromatic rings. The summed E-state index contributed by atoms with van der Waals surface area (Å²) in [5, 5.41) is 0. The molecular weight excluding hydrogens is 254 g/mol. The van der Waals surface area contributed by atoms with E-state index >= 15 is 0 Å². The Bertz CT molecular complexity index is 469. The van der Waals surface area contributed by atoms with Crippen LogP contribution in [0.15, 0.2) is 24.3 Å². The molecule has 0 spiro atoms. The topological polar surface area (TPSA) is 55.8 Å². The molecule has 1 heterocycles. The third-order valence-electron chi connectivity index (χ3n) is 2.89. The van der Waals surface area contributed by atoms with Crippen LogP contribution in [0.1, 0.15) is 0 Å². The molecule has 1 aliphatic rings. The summed E-state index contributed by atoms with van der Waals surface area (Å²) in [6.07, 6.45) is 0. The van der Waals surface area contributed by atoms with Gasteiger partial charge in [-0.3, -0.25) is 0 Å². The first-order chi connectivity index (χ1) is 8.61. The molecule has 0 amide bonds. The molecular formula is C12H17NO4S. The molecule has 0 N–H and O–H groups in total. The Balaban J connectivity index is 1.98. The molecule has 1 saturated heterocycles. The maximum absolute atomic E-state index is 11.3. The van der Waals surface area contributed by atoms with Gasteiger partial charge in [0.15, 0.2) is 16.6 Å². The lowest BCUT2D eigenvalue weighted by Gasteiger charge is -2.28. The van der Waals surface area contributed by atoms with Gasteiger partial charge in [0, 0.05) is 25.9 Å². The summed E-state index contributed by atoms with van der Waals surface area (Å²) in [5.41, 5.74) is 1.02. The highest BCUT2D eigenvalue weighted by Gasteiger charge is 2.21. The molecule has 0 saturated carbocycles. The molecule has 100 valence electrons. The van der Waals surface area contributed by atoms with E-state index in [2.05, 4.69) is 4.90 Å². The monoisotopic (exact) mass is 271 g/mol. The summed E-state index contributed by atoms with van der Waals surface area (Å²) in [7, 11) is -1.25. The van der Waals surface area contributed by atoms with Crippen LogP contribution in [-0.4, -0.2) is 46.9 Å². The van der Waals surface area contributed by atoms with Crippen LogP contribution in [0.2, 0.25) is 0 Å². The molecule has 0 radical (unpaired) electrons. The molecule has 0 atom stereocenters. The third kappa shape index (κ3) is 3.36. The van der Waals surface area contributed by atoms with Gasteiger partial charge in [0.05, 0.1) is 11.5 Å². The maximum Gasteiger partial charge on any atom is 0.188 e. The van der Waals surface area contributed by atoms with E-state index in [1.54, 1.807) is 7.11 Å². The third-order valence-corrected chi connectivity index (χ3v) is 4.50. The Kier molecular flexibility index (Phi) is 4.08. The lowest BCUT2D eigenvalue weighted by Crippen LogP contribution is -2.40. The van der Waals surface area contributed by atoms with Crippen molar-refractivity contribution in [1.29, 1.82) is 0 Å². The summed E-state index contributed by atoms with van der Waals surface area (Å²) >= 11 is 0. The molecule has 0 bridgehead atoms. The fourth-order valence-corrected chi connectivity index (χ4v) is 3.05. The first-order valence-corrected chi connectivity index (χ1v) is 7.60. The van der Waals surface area contributed by atoms with E-state index in [1.165, 1.54) is 0 Å². The van der Waals surface area contributed by atoms with Gasteiger partial charge in [-0.25, -0.2) is 8.42 Å². The summed E-state index contributed by atoms with van der Waals surface area (Å²) in [6.45, 7) is 1.34. The fraction of sp³-hybridized carbons (Fsp3) is 0.500. The first kappa shape index (κ1) is 13.2. The second kappa shape index (κ2) is 5.58. The van der Waals surface area contributed by atoms with Crippen LogP contribution in [0.5, 0.6) is 5.75 Å². The minimum Gasteiger partial charge on any atom is -0.468 e. The first-order valence-electron chi connectivity index (χ1n) is 5.78. The summed E-state index contributed by atoms with van der Waals surface area (Å²) < 4.78 is 32.8. The Morgan fingerprint density at radius 3 is 2.33 bits per heavy atom. The van der Waals surface area contributed by atoms with Gasteiger partial charge in [-0.2, -0.15) is 0 Å². The van der Waals surface area contributed by atoms with Gasteiger partial charge in [-0.05, 0) is 24.3 Å². The highest BCUT2D eigenvalue weighted by molar-refractivity contribution is 7.91. The van der Waals surface area contributed by atoms with Crippen LogP contribution in [0.25, 0.3) is 0 Å². The minimum absolute atomic E-state index is 0.224. The lowest BCUT2D eigenvalue weighted by molar-refractivity contribution is 0.0511. The largest absolute Gasteiger partial charge is 0.468 e. The average molecular weight is 271 g/mol. The number of benzene rings is 1. The maximum atomic E-state index is 11.3. The zero-order chi connectivity index (χ0) is 13.0. The molecule has 1 fully saturated rings. The smallest absolute Gasteiger partial charge is 0.188 e. The predicted molar refractivity (Wildman–Crippen MR) is 69.8 cm³/mol. The number of methoxy groups -OCH3 is 1. The van der Waals surface area contributed by atoms with Crippen molar-refractivity contribution in [1.82, 2.24) is 0 Å². The molecule has 1 aliphatic heterocycles. The number of ether oxygens (including phenoxy) is 2. The lowest BCUT2D eigenvalue weighted by atomic mass is 10.2. The second-order valence-electron chi connectivity index (χ2n) is 4.18. The summed E-state index contributed by atoms with van der Waals surface area (Å²) in [6, 6.07) is 7.58. The number of hydrogen-bond acceptors (Lipinski definition) is 5. The van der Waals surface area contributed by atoms with Gasteiger partial charge < -0.3 is 14.4 Å². The van der Waals surface area contributed by atoms with Gasteiger partial charge in [0.25, 0.3) is 0 Å². The number of sulfone groups is 1. The SMILES string of the molecule is COCOc1ccc(N2CCS(=O)(=O)CC2)cc1. The van der Waals surface area contributed by atoms with E-state index in [0.717, 1.165) is 11.4 Å². The Hall–Kier alpha value is -1.27. The van der Waals surface area contributed by atoms with Gasteiger partial charge >= 0.3 is 0 Å². The minimum atomic E-state index is -2.83. The zero-order valence-corrected chi connectivity index (χ0v) is 11.1. The van der Waals surface area contributed by atoms with Crippen molar-refractivity contribution in [2.24, 2.45) is 0 Å². The molecule has 18 heavy (non-hydrogen) atoms. The molecule has 0 aliphatic carbocycles. The molecule has 2 rings (SSSR count). The van der Waals surface area contributed by atoms with E-state index in [1.807, 2.05) is 24.3 Å². The zero-order valence-electron chi connectivity index (χ0n) is 10.3. The van der Waals surface area contributed by atoms with Crippen molar-refractivity contribution in [3.63, 3.8) is 0 Å².